The molecule has 0 aromatic heterocycles. The molecule has 0 saturated carbocycles. The van der Waals surface area contributed by atoms with E-state index in [-0.39, 0.29) is 18.1 Å². The summed E-state index contributed by atoms with van der Waals surface area (Å²) in [5.74, 6) is -0.228. The van der Waals surface area contributed by atoms with Crippen LogP contribution in [-0.2, 0) is 9.47 Å². The molecule has 0 bridgehead atoms. The predicted octanol–water partition coefficient (Wildman–Crippen LogP) is 1.85. The van der Waals surface area contributed by atoms with Gasteiger partial charge in [0.05, 0.1) is 12.6 Å². The van der Waals surface area contributed by atoms with Crippen molar-refractivity contribution in [3.63, 3.8) is 0 Å². The van der Waals surface area contributed by atoms with Gasteiger partial charge in [-0.15, -0.1) is 0 Å². The van der Waals surface area contributed by atoms with Crippen LogP contribution in [-0.4, -0.2) is 26.0 Å². The quantitative estimate of drug-likeness (QED) is 0.851. The molecule has 1 aromatic carbocycles. The van der Waals surface area contributed by atoms with Crippen LogP contribution in [0, 0.1) is 5.82 Å². The van der Waals surface area contributed by atoms with Gasteiger partial charge < -0.3 is 14.8 Å². The zero-order valence-electron chi connectivity index (χ0n) is 9.28. The summed E-state index contributed by atoms with van der Waals surface area (Å²) in [6.07, 6.45) is -0.288. The highest BCUT2D eigenvalue weighted by molar-refractivity contribution is 5.20. The maximum atomic E-state index is 12.8. The molecule has 0 aliphatic carbocycles. The number of hydrogen-bond acceptors (Lipinski definition) is 3. The minimum absolute atomic E-state index is 0.0192. The molecule has 1 aliphatic rings. The van der Waals surface area contributed by atoms with Gasteiger partial charge in [0.15, 0.2) is 6.29 Å². The average molecular weight is 225 g/mol. The molecule has 1 saturated heterocycles. The van der Waals surface area contributed by atoms with Gasteiger partial charge in [-0.25, -0.2) is 4.39 Å². The summed E-state index contributed by atoms with van der Waals surface area (Å²) in [5, 5.41) is 3.32. The van der Waals surface area contributed by atoms with Crippen LogP contribution >= 0.6 is 0 Å². The molecule has 1 fully saturated rings. The fraction of sp³-hybridized carbons (Fsp3) is 0.500. The van der Waals surface area contributed by atoms with Crippen LogP contribution in [0.2, 0.25) is 0 Å². The molecule has 0 spiro atoms. The van der Waals surface area contributed by atoms with Crippen molar-refractivity contribution < 1.29 is 13.9 Å². The number of morpholine rings is 1. The first kappa shape index (κ1) is 11.5. The number of benzene rings is 1. The van der Waals surface area contributed by atoms with Crippen LogP contribution in [0.3, 0.4) is 0 Å². The maximum Gasteiger partial charge on any atom is 0.176 e. The number of nitrogens with one attached hydrogen (secondary N) is 1. The van der Waals surface area contributed by atoms with Crippen LogP contribution in [0.5, 0.6) is 0 Å². The van der Waals surface area contributed by atoms with E-state index < -0.39 is 0 Å². The Morgan fingerprint density at radius 1 is 1.44 bits per heavy atom. The van der Waals surface area contributed by atoms with Crippen molar-refractivity contribution in [1.82, 2.24) is 5.32 Å². The number of halogens is 1. The van der Waals surface area contributed by atoms with Gasteiger partial charge in [-0.2, -0.15) is 0 Å². The molecule has 1 N–H and O–H groups in total. The van der Waals surface area contributed by atoms with E-state index >= 15 is 0 Å². The lowest BCUT2D eigenvalue weighted by Gasteiger charge is -2.32. The largest absolute Gasteiger partial charge is 0.351 e. The Bertz CT molecular complexity index is 326. The lowest BCUT2D eigenvalue weighted by molar-refractivity contribution is -0.174. The van der Waals surface area contributed by atoms with Crippen molar-refractivity contribution in [2.24, 2.45) is 0 Å². The Labute approximate surface area is 94.6 Å². The fourth-order valence-electron chi connectivity index (χ4n) is 1.84. The first-order valence-corrected chi connectivity index (χ1v) is 5.53. The van der Waals surface area contributed by atoms with E-state index in [4.69, 9.17) is 9.47 Å². The number of hydrogen-bond donors (Lipinski definition) is 1. The number of ether oxygens (including phenoxy) is 2. The van der Waals surface area contributed by atoms with Gasteiger partial charge in [0.25, 0.3) is 0 Å². The molecule has 2 rings (SSSR count). The third kappa shape index (κ3) is 2.58. The zero-order chi connectivity index (χ0) is 11.4. The molecule has 1 aromatic rings. The van der Waals surface area contributed by atoms with Gasteiger partial charge in [0.2, 0.25) is 0 Å². The maximum absolute atomic E-state index is 12.8. The molecule has 1 heterocycles. The molecule has 4 heteroatoms. The highest BCUT2D eigenvalue weighted by atomic mass is 19.1. The molecule has 1 aliphatic heterocycles. The van der Waals surface area contributed by atoms with E-state index in [1.807, 2.05) is 6.92 Å². The van der Waals surface area contributed by atoms with Crippen LogP contribution < -0.4 is 5.32 Å². The second-order valence-electron chi connectivity index (χ2n) is 3.68. The molecule has 16 heavy (non-hydrogen) atoms. The topological polar surface area (TPSA) is 30.5 Å². The van der Waals surface area contributed by atoms with Crippen molar-refractivity contribution in [3.05, 3.63) is 35.6 Å². The average Bonchev–Trinajstić information content (AvgIpc) is 2.32. The van der Waals surface area contributed by atoms with Crippen molar-refractivity contribution >= 4 is 0 Å². The fourth-order valence-corrected chi connectivity index (χ4v) is 1.84. The second-order valence-corrected chi connectivity index (χ2v) is 3.68. The molecular formula is C12H16FNO2. The van der Waals surface area contributed by atoms with Gasteiger partial charge >= 0.3 is 0 Å². The Balaban J connectivity index is 2.13. The molecule has 0 amide bonds. The summed E-state index contributed by atoms with van der Waals surface area (Å²) in [7, 11) is 0. The van der Waals surface area contributed by atoms with Crippen LogP contribution in [0.4, 0.5) is 4.39 Å². The van der Waals surface area contributed by atoms with Crippen molar-refractivity contribution in [3.8, 4) is 0 Å². The Morgan fingerprint density at radius 3 is 2.88 bits per heavy atom. The standard InChI is InChI=1S/C12H16FNO2/c1-2-15-12-11(14-7-8-16-12)9-3-5-10(13)6-4-9/h3-6,11-12,14H,2,7-8H2,1H3. The van der Waals surface area contributed by atoms with E-state index in [1.165, 1.54) is 12.1 Å². The summed E-state index contributed by atoms with van der Waals surface area (Å²) in [6, 6.07) is 6.40. The van der Waals surface area contributed by atoms with E-state index in [1.54, 1.807) is 12.1 Å². The molecule has 0 radical (unpaired) electrons. The first-order valence-electron chi connectivity index (χ1n) is 5.53. The SMILES string of the molecule is CCOC1OCCNC1c1ccc(F)cc1. The van der Waals surface area contributed by atoms with E-state index in [0.29, 0.717) is 13.2 Å². The summed E-state index contributed by atoms with van der Waals surface area (Å²) >= 11 is 0. The summed E-state index contributed by atoms with van der Waals surface area (Å²) in [4.78, 5) is 0. The van der Waals surface area contributed by atoms with Crippen molar-refractivity contribution in [2.75, 3.05) is 19.8 Å². The summed E-state index contributed by atoms with van der Waals surface area (Å²) in [6.45, 7) is 3.96. The Hall–Kier alpha value is -0.970. The van der Waals surface area contributed by atoms with Crippen molar-refractivity contribution in [1.29, 1.82) is 0 Å². The lowest BCUT2D eigenvalue weighted by atomic mass is 10.1. The third-order valence-corrected chi connectivity index (χ3v) is 2.58. The molecular weight excluding hydrogens is 209 g/mol. The minimum atomic E-state index is -0.288. The van der Waals surface area contributed by atoms with Gasteiger partial charge in [-0.3, -0.25) is 0 Å². The van der Waals surface area contributed by atoms with Crippen LogP contribution in [0.15, 0.2) is 24.3 Å². The molecule has 2 atom stereocenters. The van der Waals surface area contributed by atoms with E-state index in [0.717, 1.165) is 12.1 Å². The zero-order valence-corrected chi connectivity index (χ0v) is 9.28. The van der Waals surface area contributed by atoms with Gasteiger partial charge in [-0.1, -0.05) is 12.1 Å². The molecule has 3 nitrogen and oxygen atoms in total. The second kappa shape index (κ2) is 5.39. The van der Waals surface area contributed by atoms with Gasteiger partial charge in [-0.05, 0) is 24.6 Å². The lowest BCUT2D eigenvalue weighted by Crippen LogP contribution is -2.43. The summed E-state index contributed by atoms with van der Waals surface area (Å²) < 4.78 is 23.9. The normalized spacial score (nSPS) is 25.6. The van der Waals surface area contributed by atoms with E-state index in [9.17, 15) is 4.39 Å². The molecule has 88 valence electrons. The number of rotatable bonds is 3. The smallest absolute Gasteiger partial charge is 0.176 e. The van der Waals surface area contributed by atoms with Crippen LogP contribution in [0.25, 0.3) is 0 Å². The Kier molecular flexibility index (Phi) is 3.88. The monoisotopic (exact) mass is 225 g/mol. The highest BCUT2D eigenvalue weighted by Crippen LogP contribution is 2.22. The summed E-state index contributed by atoms with van der Waals surface area (Å²) in [5.41, 5.74) is 0.986. The Morgan fingerprint density at radius 2 is 2.19 bits per heavy atom. The van der Waals surface area contributed by atoms with E-state index in [2.05, 4.69) is 5.32 Å². The highest BCUT2D eigenvalue weighted by Gasteiger charge is 2.27. The third-order valence-electron chi connectivity index (χ3n) is 2.58. The molecule has 2 unspecified atom stereocenters. The minimum Gasteiger partial charge on any atom is -0.351 e. The first-order chi connectivity index (χ1) is 7.81. The van der Waals surface area contributed by atoms with Crippen LogP contribution in [0.1, 0.15) is 18.5 Å². The van der Waals surface area contributed by atoms with Crippen molar-refractivity contribution in [2.45, 2.75) is 19.3 Å². The van der Waals surface area contributed by atoms with Gasteiger partial charge in [0, 0.05) is 13.2 Å². The predicted molar refractivity (Wildman–Crippen MR) is 58.5 cm³/mol. The van der Waals surface area contributed by atoms with Gasteiger partial charge in [0.1, 0.15) is 5.82 Å².